The molecule has 1 atom stereocenters. The lowest BCUT2D eigenvalue weighted by Gasteiger charge is -2.01. The number of hydrogen-bond acceptors (Lipinski definition) is 4. The van der Waals surface area contributed by atoms with E-state index < -0.39 is 12.0 Å². The van der Waals surface area contributed by atoms with E-state index in [0.29, 0.717) is 6.61 Å². The third kappa shape index (κ3) is 3.87. The lowest BCUT2D eigenvalue weighted by molar-refractivity contribution is -0.143. The molecule has 0 bridgehead atoms. The summed E-state index contributed by atoms with van der Waals surface area (Å²) in [5.74, 6) is -0.420. The Labute approximate surface area is 59.6 Å². The Hall–Kier alpha value is -1.08. The zero-order chi connectivity index (χ0) is 7.98. The predicted octanol–water partition coefficient (Wildman–Crippen LogP) is -0.210. The van der Waals surface area contributed by atoms with E-state index in [-0.39, 0.29) is 6.42 Å². The third-order valence-corrected chi connectivity index (χ3v) is 0.858. The highest BCUT2D eigenvalue weighted by atomic mass is 16.5. The van der Waals surface area contributed by atoms with E-state index in [1.807, 2.05) is 0 Å². The number of rotatable bonds is 3. The van der Waals surface area contributed by atoms with Gasteiger partial charge in [-0.05, 0) is 6.92 Å². The lowest BCUT2D eigenvalue weighted by atomic mass is 10.2. The number of nitrogens with zero attached hydrogens (tertiary/aromatic N) is 1. The van der Waals surface area contributed by atoms with Gasteiger partial charge in [-0.3, -0.25) is 4.79 Å². The Morgan fingerprint density at radius 3 is 2.90 bits per heavy atom. The zero-order valence-electron chi connectivity index (χ0n) is 5.83. The molecule has 0 aliphatic rings. The van der Waals surface area contributed by atoms with Crippen LogP contribution in [0.2, 0.25) is 0 Å². The maximum Gasteiger partial charge on any atom is 0.308 e. The molecule has 4 nitrogen and oxygen atoms in total. The Balaban J connectivity index is 3.49. The van der Waals surface area contributed by atoms with Gasteiger partial charge in [0.25, 0.3) is 0 Å². The average molecular weight is 142 g/mol. The summed E-state index contributed by atoms with van der Waals surface area (Å²) >= 11 is 0. The van der Waals surface area contributed by atoms with Crippen LogP contribution in [0.15, 0.2) is 0 Å². The van der Waals surface area contributed by atoms with Gasteiger partial charge in [0.2, 0.25) is 0 Å². The molecule has 56 valence electrons. The number of nitriles is 1. The number of hydrogen-bond donors (Lipinski definition) is 1. The number of ether oxygens (including phenoxy) is 1. The summed E-state index contributed by atoms with van der Waals surface area (Å²) in [4.78, 5) is 10.6. The van der Waals surface area contributed by atoms with Crippen molar-refractivity contribution in [2.75, 3.05) is 6.61 Å². The van der Waals surface area contributed by atoms with Crippen molar-refractivity contribution in [3.63, 3.8) is 0 Å². The van der Waals surface area contributed by atoms with Crippen LogP contribution in [0.1, 0.15) is 13.3 Å². The number of carbonyl (C=O) groups excluding carboxylic acids is 1. The van der Waals surface area contributed by atoms with Crippen molar-refractivity contribution < 1.29 is 9.53 Å². The quantitative estimate of drug-likeness (QED) is 0.553. The van der Waals surface area contributed by atoms with E-state index in [2.05, 4.69) is 4.74 Å². The Morgan fingerprint density at radius 2 is 2.50 bits per heavy atom. The maximum atomic E-state index is 10.6. The van der Waals surface area contributed by atoms with Crippen LogP contribution < -0.4 is 5.73 Å². The molecule has 10 heavy (non-hydrogen) atoms. The molecule has 2 N–H and O–H groups in total. The van der Waals surface area contributed by atoms with Gasteiger partial charge in [-0.25, -0.2) is 0 Å². The van der Waals surface area contributed by atoms with Crippen molar-refractivity contribution in [1.29, 1.82) is 5.26 Å². The van der Waals surface area contributed by atoms with Crippen molar-refractivity contribution in [3.05, 3.63) is 0 Å². The first-order valence-corrected chi connectivity index (χ1v) is 3.01. The molecule has 0 saturated carbocycles. The maximum absolute atomic E-state index is 10.6. The van der Waals surface area contributed by atoms with Crippen molar-refractivity contribution in [2.45, 2.75) is 19.4 Å². The van der Waals surface area contributed by atoms with Gasteiger partial charge in [0.05, 0.1) is 19.1 Å². The lowest BCUT2D eigenvalue weighted by Crippen LogP contribution is -2.22. The Morgan fingerprint density at radius 1 is 1.90 bits per heavy atom. The monoisotopic (exact) mass is 142 g/mol. The van der Waals surface area contributed by atoms with E-state index in [9.17, 15) is 4.79 Å². The Kier molecular flexibility index (Phi) is 4.25. The van der Waals surface area contributed by atoms with Gasteiger partial charge < -0.3 is 10.5 Å². The smallest absolute Gasteiger partial charge is 0.308 e. The first-order chi connectivity index (χ1) is 4.70. The summed E-state index contributed by atoms with van der Waals surface area (Å²) in [6.45, 7) is 2.03. The van der Waals surface area contributed by atoms with Crippen LogP contribution in [0.3, 0.4) is 0 Å². The van der Waals surface area contributed by atoms with Crippen LogP contribution >= 0.6 is 0 Å². The first-order valence-electron chi connectivity index (χ1n) is 3.01. The zero-order valence-corrected chi connectivity index (χ0v) is 5.83. The van der Waals surface area contributed by atoms with Crippen LogP contribution in [-0.4, -0.2) is 18.6 Å². The molecule has 0 aliphatic carbocycles. The SMILES string of the molecule is CCOC(=O)C[C@H](N)C#N. The topological polar surface area (TPSA) is 76.1 Å². The van der Waals surface area contributed by atoms with Crippen molar-refractivity contribution in [2.24, 2.45) is 5.73 Å². The summed E-state index contributed by atoms with van der Waals surface area (Å²) in [6, 6.07) is 0.994. The minimum absolute atomic E-state index is 0.0235. The molecule has 0 saturated heterocycles. The molecule has 0 aromatic carbocycles. The molecule has 0 rings (SSSR count). The first kappa shape index (κ1) is 8.92. The van der Waals surface area contributed by atoms with Crippen LogP contribution in [0.4, 0.5) is 0 Å². The van der Waals surface area contributed by atoms with E-state index in [1.54, 1.807) is 13.0 Å². The molecule has 0 amide bonds. The normalized spacial score (nSPS) is 11.7. The van der Waals surface area contributed by atoms with Gasteiger partial charge in [-0.15, -0.1) is 0 Å². The minimum Gasteiger partial charge on any atom is -0.466 e. The standard InChI is InChI=1S/C6H10N2O2/c1-2-10-6(9)3-5(8)4-7/h5H,2-3,8H2,1H3/t5-/m0/s1. The van der Waals surface area contributed by atoms with E-state index in [0.717, 1.165) is 0 Å². The molecular formula is C6H10N2O2. The summed E-state index contributed by atoms with van der Waals surface area (Å²) < 4.78 is 4.54. The second-order valence-electron chi connectivity index (χ2n) is 1.74. The molecule has 0 radical (unpaired) electrons. The summed E-state index contributed by atoms with van der Waals surface area (Å²) in [5, 5.41) is 8.17. The molecule has 0 aromatic heterocycles. The van der Waals surface area contributed by atoms with Gasteiger partial charge in [-0.2, -0.15) is 5.26 Å². The molecular weight excluding hydrogens is 132 g/mol. The van der Waals surface area contributed by atoms with Gasteiger partial charge >= 0.3 is 5.97 Å². The predicted molar refractivity (Wildman–Crippen MR) is 34.8 cm³/mol. The van der Waals surface area contributed by atoms with Crippen LogP contribution in [-0.2, 0) is 9.53 Å². The van der Waals surface area contributed by atoms with Gasteiger partial charge in [-0.1, -0.05) is 0 Å². The number of nitrogens with two attached hydrogens (primary N) is 1. The van der Waals surface area contributed by atoms with Crippen LogP contribution in [0.5, 0.6) is 0 Å². The largest absolute Gasteiger partial charge is 0.466 e. The van der Waals surface area contributed by atoms with Gasteiger partial charge in [0.15, 0.2) is 0 Å². The molecule has 0 aromatic rings. The minimum atomic E-state index is -0.737. The van der Waals surface area contributed by atoms with Crippen molar-refractivity contribution in [1.82, 2.24) is 0 Å². The van der Waals surface area contributed by atoms with Gasteiger partial charge in [0, 0.05) is 0 Å². The highest BCUT2D eigenvalue weighted by molar-refractivity contribution is 5.70. The van der Waals surface area contributed by atoms with E-state index in [1.165, 1.54) is 0 Å². The second kappa shape index (κ2) is 4.77. The Bertz CT molecular complexity index is 150. The molecule has 0 unspecified atom stereocenters. The molecule has 4 heteroatoms. The fourth-order valence-corrected chi connectivity index (χ4v) is 0.445. The van der Waals surface area contributed by atoms with E-state index >= 15 is 0 Å². The van der Waals surface area contributed by atoms with Crippen LogP contribution in [0, 0.1) is 11.3 Å². The third-order valence-electron chi connectivity index (χ3n) is 0.858. The summed E-state index contributed by atoms with van der Waals surface area (Å²) in [5.41, 5.74) is 5.14. The summed E-state index contributed by atoms with van der Waals surface area (Å²) in [6.07, 6.45) is -0.0235. The fourth-order valence-electron chi connectivity index (χ4n) is 0.445. The molecule has 0 fully saturated rings. The van der Waals surface area contributed by atoms with Gasteiger partial charge in [0.1, 0.15) is 6.04 Å². The fraction of sp³-hybridized carbons (Fsp3) is 0.667. The number of esters is 1. The molecule has 0 spiro atoms. The number of carbonyl (C=O) groups is 1. The highest BCUT2D eigenvalue weighted by Crippen LogP contribution is 1.89. The second-order valence-corrected chi connectivity index (χ2v) is 1.74. The van der Waals surface area contributed by atoms with Crippen LogP contribution in [0.25, 0.3) is 0 Å². The van der Waals surface area contributed by atoms with Crippen molar-refractivity contribution in [3.8, 4) is 6.07 Å². The highest BCUT2D eigenvalue weighted by Gasteiger charge is 2.07. The average Bonchev–Trinajstić information content (AvgIpc) is 1.88. The molecule has 0 heterocycles. The van der Waals surface area contributed by atoms with E-state index in [4.69, 9.17) is 11.0 Å². The summed E-state index contributed by atoms with van der Waals surface area (Å²) in [7, 11) is 0. The molecule has 0 aliphatic heterocycles. The van der Waals surface area contributed by atoms with Crippen molar-refractivity contribution >= 4 is 5.97 Å².